The van der Waals surface area contributed by atoms with E-state index in [2.05, 4.69) is 4.98 Å². The van der Waals surface area contributed by atoms with E-state index in [1.807, 2.05) is 66.7 Å². The molecule has 0 fully saturated rings. The zero-order valence-electron chi connectivity index (χ0n) is 18.3. The number of aromatic carboxylic acids is 1. The first-order valence-electron chi connectivity index (χ1n) is 11.0. The van der Waals surface area contributed by atoms with E-state index in [9.17, 15) is 9.59 Å². The highest BCUT2D eigenvalue weighted by atomic mass is 32.1. The molecule has 2 heterocycles. The number of rotatable bonds is 5. The fourth-order valence-corrected chi connectivity index (χ4v) is 5.17. The predicted octanol–water partition coefficient (Wildman–Crippen LogP) is 4.89. The Balaban J connectivity index is 1.46. The summed E-state index contributed by atoms with van der Waals surface area (Å²) in [4.78, 5) is 29.7. The normalized spacial score (nSPS) is 12.1. The summed E-state index contributed by atoms with van der Waals surface area (Å²) in [6.45, 7) is 0.266. The molecule has 2 aromatic heterocycles. The van der Waals surface area contributed by atoms with Gasteiger partial charge in [-0.05, 0) is 52.7 Å². The van der Waals surface area contributed by atoms with Gasteiger partial charge in [0.2, 0.25) is 0 Å². The first-order chi connectivity index (χ1) is 17.1. The van der Waals surface area contributed by atoms with Gasteiger partial charge >= 0.3 is 5.97 Å². The van der Waals surface area contributed by atoms with Gasteiger partial charge in [-0.25, -0.2) is 14.2 Å². The maximum atomic E-state index is 13.3. The molecule has 6 rings (SSSR count). The zero-order valence-corrected chi connectivity index (χ0v) is 19.2. The number of hydrogen-bond donors (Lipinski definition) is 1. The number of fused-ring (bicyclic) bond motifs is 4. The molecule has 0 amide bonds. The molecule has 35 heavy (non-hydrogen) atoms. The Morgan fingerprint density at radius 3 is 2.57 bits per heavy atom. The Hall–Kier alpha value is -4.49. The van der Waals surface area contributed by atoms with Crippen molar-refractivity contribution in [3.05, 3.63) is 117 Å². The number of imidazole rings is 1. The number of para-hydroxylation sites is 2. The number of ether oxygens (including phenoxy) is 1. The maximum absolute atomic E-state index is 13.3. The molecule has 6 nitrogen and oxygen atoms in total. The molecular weight excluding hydrogens is 460 g/mol. The maximum Gasteiger partial charge on any atom is 0.335 e. The molecule has 6 aromatic rings. The number of benzene rings is 4. The molecule has 0 bridgehead atoms. The summed E-state index contributed by atoms with van der Waals surface area (Å²) in [6, 6.07) is 26.1. The second-order valence-electron chi connectivity index (χ2n) is 8.12. The van der Waals surface area contributed by atoms with Crippen LogP contribution in [0.4, 0.5) is 0 Å². The van der Waals surface area contributed by atoms with E-state index in [1.54, 1.807) is 28.7 Å². The number of carboxylic acid groups (broad SMARTS) is 1. The van der Waals surface area contributed by atoms with E-state index in [0.29, 0.717) is 15.2 Å². The van der Waals surface area contributed by atoms with Crippen molar-refractivity contribution in [2.75, 3.05) is 0 Å². The quantitative estimate of drug-likeness (QED) is 0.382. The molecular formula is C28H18N2O4S. The van der Waals surface area contributed by atoms with Gasteiger partial charge in [0.05, 0.1) is 21.1 Å². The second kappa shape index (κ2) is 8.38. The van der Waals surface area contributed by atoms with Gasteiger partial charge in [0.25, 0.3) is 5.56 Å². The van der Waals surface area contributed by atoms with Crippen LogP contribution in [0.5, 0.6) is 5.75 Å². The molecule has 0 radical (unpaired) electrons. The van der Waals surface area contributed by atoms with Crippen molar-refractivity contribution in [2.45, 2.75) is 6.61 Å². The van der Waals surface area contributed by atoms with E-state index in [1.165, 1.54) is 11.3 Å². The Labute approximate surface area is 203 Å². The van der Waals surface area contributed by atoms with Crippen molar-refractivity contribution in [1.29, 1.82) is 0 Å². The Kier molecular flexibility index (Phi) is 5.04. The number of thiazole rings is 1. The first-order valence-corrected chi connectivity index (χ1v) is 11.8. The van der Waals surface area contributed by atoms with Gasteiger partial charge in [0.1, 0.15) is 12.4 Å². The van der Waals surface area contributed by atoms with Gasteiger partial charge in [-0.1, -0.05) is 65.9 Å². The summed E-state index contributed by atoms with van der Waals surface area (Å²) in [5.41, 5.74) is 3.37. The van der Waals surface area contributed by atoms with E-state index in [4.69, 9.17) is 9.84 Å². The molecule has 0 atom stereocenters. The van der Waals surface area contributed by atoms with Gasteiger partial charge in [-0.3, -0.25) is 4.79 Å². The lowest BCUT2D eigenvalue weighted by Crippen LogP contribution is -2.22. The predicted molar refractivity (Wildman–Crippen MR) is 137 cm³/mol. The molecule has 7 heteroatoms. The van der Waals surface area contributed by atoms with Crippen LogP contribution in [-0.2, 0) is 6.61 Å². The van der Waals surface area contributed by atoms with Crippen molar-refractivity contribution < 1.29 is 14.6 Å². The first kappa shape index (κ1) is 21.1. The average molecular weight is 479 g/mol. The zero-order chi connectivity index (χ0) is 23.9. The van der Waals surface area contributed by atoms with Crippen molar-refractivity contribution in [3.8, 4) is 5.75 Å². The fourth-order valence-electron chi connectivity index (χ4n) is 4.20. The molecule has 0 saturated carbocycles. The third-order valence-corrected chi connectivity index (χ3v) is 6.92. The van der Waals surface area contributed by atoms with Crippen LogP contribution in [0.3, 0.4) is 0 Å². The van der Waals surface area contributed by atoms with Crippen LogP contribution in [0, 0.1) is 0 Å². The molecule has 0 aliphatic heterocycles. The summed E-state index contributed by atoms with van der Waals surface area (Å²) in [5, 5.41) is 11.1. The fraction of sp³-hybridized carbons (Fsp3) is 0.0357. The molecule has 170 valence electrons. The molecule has 4 aromatic carbocycles. The smallest absolute Gasteiger partial charge is 0.335 e. The molecule has 0 aliphatic carbocycles. The Bertz CT molecular complexity index is 1850. The van der Waals surface area contributed by atoms with E-state index < -0.39 is 5.97 Å². The largest absolute Gasteiger partial charge is 0.488 e. The summed E-state index contributed by atoms with van der Waals surface area (Å²) in [6.07, 6.45) is 1.88. The SMILES string of the molecule is O=C(O)c1ccc(COc2ccc3ccccc3c2/C=c2\sc3nc4ccccc4n3c2=O)cc1. The minimum atomic E-state index is -0.965. The third-order valence-electron chi connectivity index (χ3n) is 5.95. The Morgan fingerprint density at radius 1 is 0.971 bits per heavy atom. The third kappa shape index (κ3) is 3.72. The van der Waals surface area contributed by atoms with Gasteiger partial charge in [0, 0.05) is 5.56 Å². The minimum Gasteiger partial charge on any atom is -0.488 e. The monoisotopic (exact) mass is 478 g/mol. The lowest BCUT2D eigenvalue weighted by atomic mass is 10.0. The van der Waals surface area contributed by atoms with Crippen molar-refractivity contribution >= 4 is 50.1 Å². The van der Waals surface area contributed by atoms with Gasteiger partial charge in [0.15, 0.2) is 4.96 Å². The summed E-state index contributed by atoms with van der Waals surface area (Å²) < 4.78 is 8.40. The molecule has 1 N–H and O–H groups in total. The lowest BCUT2D eigenvalue weighted by Gasteiger charge is -2.12. The van der Waals surface area contributed by atoms with Crippen molar-refractivity contribution in [2.24, 2.45) is 0 Å². The van der Waals surface area contributed by atoms with Gasteiger partial charge in [-0.15, -0.1) is 0 Å². The van der Waals surface area contributed by atoms with Crippen LogP contribution in [0.2, 0.25) is 0 Å². The highest BCUT2D eigenvalue weighted by Gasteiger charge is 2.13. The standard InChI is InChI=1S/C28H18N2O4S/c31-26-25(35-28-29-22-7-3-4-8-23(22)30(26)28)15-21-20-6-2-1-5-18(20)13-14-24(21)34-16-17-9-11-19(12-10-17)27(32)33/h1-15H,16H2,(H,32,33)/b25-15-. The summed E-state index contributed by atoms with van der Waals surface area (Å²) >= 11 is 1.35. The van der Waals surface area contributed by atoms with Crippen LogP contribution >= 0.6 is 11.3 Å². The second-order valence-corrected chi connectivity index (χ2v) is 9.13. The van der Waals surface area contributed by atoms with Crippen LogP contribution < -0.4 is 14.8 Å². The highest BCUT2D eigenvalue weighted by Crippen LogP contribution is 2.30. The molecule has 0 unspecified atom stereocenters. The summed E-state index contributed by atoms with van der Waals surface area (Å²) in [7, 11) is 0. The van der Waals surface area contributed by atoms with Crippen LogP contribution in [0.15, 0.2) is 89.7 Å². The molecule has 0 aliphatic rings. The van der Waals surface area contributed by atoms with Crippen molar-refractivity contribution in [1.82, 2.24) is 9.38 Å². The topological polar surface area (TPSA) is 80.9 Å². The number of hydrogen-bond acceptors (Lipinski definition) is 5. The minimum absolute atomic E-state index is 0.109. The number of carboxylic acids is 1. The van der Waals surface area contributed by atoms with E-state index in [0.717, 1.165) is 32.9 Å². The highest BCUT2D eigenvalue weighted by molar-refractivity contribution is 7.15. The van der Waals surface area contributed by atoms with Crippen molar-refractivity contribution in [3.63, 3.8) is 0 Å². The van der Waals surface area contributed by atoms with Gasteiger partial charge < -0.3 is 9.84 Å². The number of nitrogens with zero attached hydrogens (tertiary/aromatic N) is 2. The molecule has 0 spiro atoms. The lowest BCUT2D eigenvalue weighted by molar-refractivity contribution is 0.0697. The summed E-state index contributed by atoms with van der Waals surface area (Å²) in [5.74, 6) is -0.325. The van der Waals surface area contributed by atoms with E-state index in [-0.39, 0.29) is 17.7 Å². The van der Waals surface area contributed by atoms with Crippen LogP contribution in [0.1, 0.15) is 21.5 Å². The molecule has 0 saturated heterocycles. The van der Waals surface area contributed by atoms with E-state index >= 15 is 0 Å². The number of carbonyl (C=O) groups is 1. The van der Waals surface area contributed by atoms with Gasteiger partial charge in [-0.2, -0.15) is 0 Å². The van der Waals surface area contributed by atoms with Crippen LogP contribution in [0.25, 0.3) is 32.8 Å². The average Bonchev–Trinajstić information content (AvgIpc) is 3.39. The number of aromatic nitrogens is 2. The van der Waals surface area contributed by atoms with Crippen LogP contribution in [-0.4, -0.2) is 20.5 Å². The Morgan fingerprint density at radius 2 is 1.74 bits per heavy atom.